The Labute approximate surface area is 107 Å². The van der Waals surface area contributed by atoms with Gasteiger partial charge < -0.3 is 10.8 Å². The molecule has 0 fully saturated rings. The number of fused-ring (bicyclic) bond motifs is 3. The van der Waals surface area contributed by atoms with Crippen LogP contribution in [0.1, 0.15) is 29.7 Å². The Morgan fingerprint density at radius 2 is 2.06 bits per heavy atom. The minimum atomic E-state index is -0.164. The number of aromatic nitrogens is 2. The van der Waals surface area contributed by atoms with Gasteiger partial charge >= 0.3 is 0 Å². The SMILES string of the molecule is Nn1c(=S)[nH]c2sc3c(c2c1=O)CCCCC3. The molecular formula is C11H13N3OS2. The topological polar surface area (TPSA) is 63.8 Å². The summed E-state index contributed by atoms with van der Waals surface area (Å²) in [6.07, 6.45) is 5.65. The van der Waals surface area contributed by atoms with E-state index in [4.69, 9.17) is 18.1 Å². The van der Waals surface area contributed by atoms with Crippen LogP contribution in [0.5, 0.6) is 0 Å². The Balaban J connectivity index is 2.42. The molecule has 0 radical (unpaired) electrons. The molecule has 4 nitrogen and oxygen atoms in total. The molecule has 17 heavy (non-hydrogen) atoms. The number of hydrogen-bond acceptors (Lipinski definition) is 4. The first-order chi connectivity index (χ1) is 8.18. The number of nitrogen functional groups attached to an aromatic ring is 1. The minimum absolute atomic E-state index is 0.164. The zero-order chi connectivity index (χ0) is 12.0. The lowest BCUT2D eigenvalue weighted by Gasteiger charge is -2.00. The number of H-pyrrole nitrogens is 1. The fraction of sp³-hybridized carbons (Fsp3) is 0.455. The molecule has 90 valence electrons. The molecule has 0 bridgehead atoms. The highest BCUT2D eigenvalue weighted by Gasteiger charge is 2.18. The molecule has 0 atom stereocenters. The fourth-order valence-electron chi connectivity index (χ4n) is 2.43. The van der Waals surface area contributed by atoms with Crippen molar-refractivity contribution in [3.63, 3.8) is 0 Å². The quantitative estimate of drug-likeness (QED) is 0.436. The molecule has 1 aliphatic carbocycles. The number of nitrogens with zero attached hydrogens (tertiary/aromatic N) is 1. The monoisotopic (exact) mass is 267 g/mol. The number of hydrogen-bond donors (Lipinski definition) is 2. The summed E-state index contributed by atoms with van der Waals surface area (Å²) in [5, 5.41) is 0.753. The van der Waals surface area contributed by atoms with Gasteiger partial charge in [-0.1, -0.05) is 6.42 Å². The average Bonchev–Trinajstić information content (AvgIpc) is 2.49. The number of aromatic amines is 1. The van der Waals surface area contributed by atoms with Crippen LogP contribution in [0.25, 0.3) is 10.2 Å². The molecule has 0 spiro atoms. The summed E-state index contributed by atoms with van der Waals surface area (Å²) < 4.78 is 1.33. The summed E-state index contributed by atoms with van der Waals surface area (Å²) in [6.45, 7) is 0. The fourth-order valence-corrected chi connectivity index (χ4v) is 3.96. The molecule has 0 amide bonds. The van der Waals surface area contributed by atoms with E-state index < -0.39 is 0 Å². The Morgan fingerprint density at radius 1 is 1.29 bits per heavy atom. The molecule has 2 aromatic heterocycles. The highest BCUT2D eigenvalue weighted by molar-refractivity contribution is 7.71. The summed E-state index contributed by atoms with van der Waals surface area (Å²) in [5.41, 5.74) is 1.03. The number of rotatable bonds is 0. The van der Waals surface area contributed by atoms with E-state index in [1.54, 1.807) is 11.3 Å². The van der Waals surface area contributed by atoms with E-state index in [9.17, 15) is 4.79 Å². The highest BCUT2D eigenvalue weighted by Crippen LogP contribution is 2.32. The maximum absolute atomic E-state index is 12.2. The molecule has 2 aromatic rings. The summed E-state index contributed by atoms with van der Waals surface area (Å²) in [7, 11) is 0. The molecule has 0 aliphatic heterocycles. The van der Waals surface area contributed by atoms with Gasteiger partial charge in [0.05, 0.1) is 5.39 Å². The van der Waals surface area contributed by atoms with E-state index in [1.165, 1.54) is 23.3 Å². The summed E-state index contributed by atoms with van der Waals surface area (Å²) >= 11 is 6.68. The van der Waals surface area contributed by atoms with Gasteiger partial charge in [0.2, 0.25) is 0 Å². The Morgan fingerprint density at radius 3 is 2.88 bits per heavy atom. The predicted octanol–water partition coefficient (Wildman–Crippen LogP) is 2.10. The van der Waals surface area contributed by atoms with Gasteiger partial charge in [-0.2, -0.15) is 4.68 Å². The van der Waals surface area contributed by atoms with Crippen LogP contribution < -0.4 is 11.4 Å². The van der Waals surface area contributed by atoms with Crippen LogP contribution in [0.2, 0.25) is 0 Å². The van der Waals surface area contributed by atoms with Crippen LogP contribution in [0, 0.1) is 4.77 Å². The zero-order valence-electron chi connectivity index (χ0n) is 9.28. The predicted molar refractivity (Wildman–Crippen MR) is 72.7 cm³/mol. The van der Waals surface area contributed by atoms with Gasteiger partial charge in [-0.15, -0.1) is 11.3 Å². The molecule has 3 N–H and O–H groups in total. The average molecular weight is 267 g/mol. The van der Waals surface area contributed by atoms with Crippen LogP contribution in [0.3, 0.4) is 0 Å². The van der Waals surface area contributed by atoms with Crippen LogP contribution in [0.4, 0.5) is 0 Å². The smallest absolute Gasteiger partial charge is 0.281 e. The molecule has 0 saturated heterocycles. The van der Waals surface area contributed by atoms with E-state index >= 15 is 0 Å². The van der Waals surface area contributed by atoms with E-state index in [1.807, 2.05) is 0 Å². The van der Waals surface area contributed by atoms with E-state index in [2.05, 4.69) is 4.98 Å². The Hall–Kier alpha value is -1.14. The molecule has 0 unspecified atom stereocenters. The largest absolute Gasteiger partial charge is 0.334 e. The molecular weight excluding hydrogens is 254 g/mol. The number of thiophene rings is 1. The Bertz CT molecular complexity index is 695. The molecule has 2 heterocycles. The van der Waals surface area contributed by atoms with Crippen molar-refractivity contribution in [3.05, 3.63) is 25.6 Å². The van der Waals surface area contributed by atoms with Crippen LogP contribution in [-0.2, 0) is 12.8 Å². The molecule has 0 saturated carbocycles. The zero-order valence-corrected chi connectivity index (χ0v) is 10.9. The van der Waals surface area contributed by atoms with Crippen molar-refractivity contribution < 1.29 is 0 Å². The number of nitrogens with one attached hydrogen (secondary N) is 1. The van der Waals surface area contributed by atoms with Crippen LogP contribution in [0.15, 0.2) is 4.79 Å². The van der Waals surface area contributed by atoms with Gasteiger partial charge in [0.1, 0.15) is 4.83 Å². The third kappa shape index (κ3) is 1.63. The van der Waals surface area contributed by atoms with E-state index in [0.717, 1.165) is 34.2 Å². The second kappa shape index (κ2) is 3.96. The van der Waals surface area contributed by atoms with Gasteiger partial charge in [-0.05, 0) is 43.5 Å². The van der Waals surface area contributed by atoms with Crippen molar-refractivity contribution in [3.8, 4) is 0 Å². The van der Waals surface area contributed by atoms with Crippen molar-refractivity contribution in [1.82, 2.24) is 9.66 Å². The number of aryl methyl sites for hydroxylation is 2. The van der Waals surface area contributed by atoms with Crippen LogP contribution in [-0.4, -0.2) is 9.66 Å². The van der Waals surface area contributed by atoms with E-state index in [0.29, 0.717) is 4.77 Å². The molecule has 6 heteroatoms. The molecule has 1 aliphatic rings. The lowest BCUT2D eigenvalue weighted by atomic mass is 10.1. The van der Waals surface area contributed by atoms with Gasteiger partial charge in [0.25, 0.3) is 5.56 Å². The summed E-state index contributed by atoms with van der Waals surface area (Å²) in [6, 6.07) is 0. The van der Waals surface area contributed by atoms with Crippen molar-refractivity contribution >= 4 is 33.8 Å². The van der Waals surface area contributed by atoms with E-state index in [-0.39, 0.29) is 5.56 Å². The molecule has 0 aromatic carbocycles. The van der Waals surface area contributed by atoms with Crippen molar-refractivity contribution in [2.45, 2.75) is 32.1 Å². The van der Waals surface area contributed by atoms with Gasteiger partial charge in [-0.3, -0.25) is 4.79 Å². The first-order valence-corrected chi connectivity index (χ1v) is 6.95. The summed E-state index contributed by atoms with van der Waals surface area (Å²) in [4.78, 5) is 17.4. The minimum Gasteiger partial charge on any atom is -0.334 e. The third-order valence-electron chi connectivity index (χ3n) is 3.29. The first kappa shape index (κ1) is 11.0. The second-order valence-corrected chi connectivity index (χ2v) is 5.87. The van der Waals surface area contributed by atoms with Crippen molar-refractivity contribution in [2.75, 3.05) is 5.84 Å². The number of nitrogens with two attached hydrogens (primary N) is 1. The highest BCUT2D eigenvalue weighted by atomic mass is 32.1. The Kier molecular flexibility index (Phi) is 2.56. The normalized spacial score (nSPS) is 15.8. The second-order valence-electron chi connectivity index (χ2n) is 4.37. The third-order valence-corrected chi connectivity index (χ3v) is 4.80. The standard InChI is InChI=1S/C11H13N3OS2/c12-14-10(15)8-6-4-2-1-3-5-7(6)17-9(8)13-11(14)16/h1-5,12H2,(H,13,16). The first-order valence-electron chi connectivity index (χ1n) is 5.73. The molecule has 3 rings (SSSR count). The lowest BCUT2D eigenvalue weighted by Crippen LogP contribution is -2.28. The van der Waals surface area contributed by atoms with Gasteiger partial charge in [0.15, 0.2) is 4.77 Å². The lowest BCUT2D eigenvalue weighted by molar-refractivity contribution is 0.713. The van der Waals surface area contributed by atoms with Crippen LogP contribution >= 0.6 is 23.6 Å². The van der Waals surface area contributed by atoms with Gasteiger partial charge in [0, 0.05) is 4.88 Å². The van der Waals surface area contributed by atoms with Crippen molar-refractivity contribution in [2.24, 2.45) is 0 Å². The maximum atomic E-state index is 12.2. The summed E-state index contributed by atoms with van der Waals surface area (Å²) in [5.74, 6) is 5.65. The maximum Gasteiger partial charge on any atom is 0.281 e. The van der Waals surface area contributed by atoms with Crippen molar-refractivity contribution in [1.29, 1.82) is 0 Å². The van der Waals surface area contributed by atoms with Gasteiger partial charge in [-0.25, -0.2) is 0 Å².